The fourth-order valence-electron chi connectivity index (χ4n) is 1.57. The summed E-state index contributed by atoms with van der Waals surface area (Å²) in [7, 11) is 0. The molecule has 0 aromatic heterocycles. The largest absolute Gasteiger partial charge is 0.449 e. The van der Waals surface area contributed by atoms with E-state index >= 15 is 0 Å². The maximum Gasteiger partial charge on any atom is 0.338 e. The summed E-state index contributed by atoms with van der Waals surface area (Å²) >= 11 is 0. The number of amides is 3. The van der Waals surface area contributed by atoms with Crippen LogP contribution >= 0.6 is 0 Å². The van der Waals surface area contributed by atoms with Crippen LogP contribution in [-0.2, 0) is 9.53 Å². The first-order valence-electron chi connectivity index (χ1n) is 6.72. The van der Waals surface area contributed by atoms with Crippen LogP contribution < -0.4 is 10.6 Å². The monoisotopic (exact) mass is 292 g/mol. The average molecular weight is 292 g/mol. The lowest BCUT2D eigenvalue weighted by Gasteiger charge is -2.13. The van der Waals surface area contributed by atoms with Gasteiger partial charge in [-0.15, -0.1) is 0 Å². The average Bonchev–Trinajstić information content (AvgIpc) is 2.41. The number of aryl methyl sites for hydroxylation is 2. The van der Waals surface area contributed by atoms with Gasteiger partial charge in [0.2, 0.25) is 0 Å². The Balaban J connectivity index is 2.63. The number of esters is 1. The van der Waals surface area contributed by atoms with E-state index in [1.807, 2.05) is 19.9 Å². The number of urea groups is 1. The van der Waals surface area contributed by atoms with Gasteiger partial charge in [0.05, 0.1) is 5.56 Å². The molecule has 21 heavy (non-hydrogen) atoms. The van der Waals surface area contributed by atoms with Crippen molar-refractivity contribution in [3.8, 4) is 0 Å². The van der Waals surface area contributed by atoms with E-state index in [0.717, 1.165) is 11.1 Å². The van der Waals surface area contributed by atoms with E-state index in [2.05, 4.69) is 10.6 Å². The van der Waals surface area contributed by atoms with Gasteiger partial charge in [0.1, 0.15) is 0 Å². The Labute approximate surface area is 123 Å². The maximum absolute atomic E-state index is 11.9. The van der Waals surface area contributed by atoms with Gasteiger partial charge in [0, 0.05) is 6.54 Å². The van der Waals surface area contributed by atoms with Crippen molar-refractivity contribution in [1.29, 1.82) is 0 Å². The number of imide groups is 1. The zero-order valence-electron chi connectivity index (χ0n) is 12.6. The zero-order valence-corrected chi connectivity index (χ0v) is 12.6. The molecule has 1 rings (SSSR count). The summed E-state index contributed by atoms with van der Waals surface area (Å²) in [5.41, 5.74) is 2.40. The quantitative estimate of drug-likeness (QED) is 0.827. The summed E-state index contributed by atoms with van der Waals surface area (Å²) in [6, 6.07) is 4.54. The van der Waals surface area contributed by atoms with Crippen LogP contribution in [0.3, 0.4) is 0 Å². The van der Waals surface area contributed by atoms with E-state index < -0.39 is 24.0 Å². The van der Waals surface area contributed by atoms with Gasteiger partial charge in [-0.05, 0) is 51.0 Å². The first-order chi connectivity index (χ1) is 9.85. The van der Waals surface area contributed by atoms with Crippen LogP contribution in [0.2, 0.25) is 0 Å². The number of benzene rings is 1. The third kappa shape index (κ3) is 4.91. The third-order valence-corrected chi connectivity index (χ3v) is 2.97. The molecule has 0 heterocycles. The molecule has 0 spiro atoms. The number of hydrogen-bond donors (Lipinski definition) is 2. The molecule has 6 nitrogen and oxygen atoms in total. The van der Waals surface area contributed by atoms with Crippen molar-refractivity contribution in [2.45, 2.75) is 33.8 Å². The summed E-state index contributed by atoms with van der Waals surface area (Å²) in [4.78, 5) is 34.8. The summed E-state index contributed by atoms with van der Waals surface area (Å²) in [6.07, 6.45) is -1.05. The summed E-state index contributed by atoms with van der Waals surface area (Å²) in [6.45, 7) is 7.36. The standard InChI is InChI=1S/C15H20N2O4/c1-5-16-15(20)17-13(18)11(4)21-14(19)12-7-6-9(2)10(3)8-12/h6-8,11H,5H2,1-4H3,(H2,16,17,18,20)/t11-/m0/s1. The van der Waals surface area contributed by atoms with Crippen LogP contribution in [0.15, 0.2) is 18.2 Å². The lowest BCUT2D eigenvalue weighted by Crippen LogP contribution is -2.44. The molecule has 2 N–H and O–H groups in total. The highest BCUT2D eigenvalue weighted by Gasteiger charge is 2.20. The summed E-state index contributed by atoms with van der Waals surface area (Å²) in [5.74, 6) is -1.27. The second kappa shape index (κ2) is 7.42. The minimum atomic E-state index is -1.05. The van der Waals surface area contributed by atoms with Crippen molar-refractivity contribution >= 4 is 17.9 Å². The highest BCUT2D eigenvalue weighted by molar-refractivity contribution is 5.98. The van der Waals surface area contributed by atoms with Crippen molar-refractivity contribution < 1.29 is 19.1 Å². The van der Waals surface area contributed by atoms with E-state index in [9.17, 15) is 14.4 Å². The van der Waals surface area contributed by atoms with Crippen LogP contribution in [0.25, 0.3) is 0 Å². The van der Waals surface area contributed by atoms with Crippen LogP contribution in [0.5, 0.6) is 0 Å². The molecule has 1 aromatic rings. The molecule has 3 amide bonds. The van der Waals surface area contributed by atoms with E-state index in [1.54, 1.807) is 19.1 Å². The van der Waals surface area contributed by atoms with Gasteiger partial charge in [-0.2, -0.15) is 0 Å². The van der Waals surface area contributed by atoms with Gasteiger partial charge < -0.3 is 10.1 Å². The number of hydrogen-bond acceptors (Lipinski definition) is 4. The summed E-state index contributed by atoms with van der Waals surface area (Å²) in [5, 5.41) is 4.51. The number of nitrogens with one attached hydrogen (secondary N) is 2. The van der Waals surface area contributed by atoms with Crippen LogP contribution in [-0.4, -0.2) is 30.6 Å². The molecule has 0 aliphatic heterocycles. The molecule has 0 bridgehead atoms. The normalized spacial score (nSPS) is 11.4. The predicted molar refractivity (Wildman–Crippen MR) is 78.0 cm³/mol. The van der Waals surface area contributed by atoms with E-state index in [4.69, 9.17) is 4.74 Å². The number of carbonyl (C=O) groups is 3. The molecule has 1 aromatic carbocycles. The molecule has 0 unspecified atom stereocenters. The Morgan fingerprint density at radius 1 is 1.19 bits per heavy atom. The molecule has 6 heteroatoms. The molecular weight excluding hydrogens is 272 g/mol. The van der Waals surface area contributed by atoms with Gasteiger partial charge in [0.25, 0.3) is 5.91 Å². The van der Waals surface area contributed by atoms with Crippen molar-refractivity contribution in [3.05, 3.63) is 34.9 Å². The minimum Gasteiger partial charge on any atom is -0.449 e. The van der Waals surface area contributed by atoms with Crippen LogP contribution in [0.1, 0.15) is 35.3 Å². The van der Waals surface area contributed by atoms with Gasteiger partial charge in [-0.25, -0.2) is 9.59 Å². The van der Waals surface area contributed by atoms with Gasteiger partial charge in [-0.3, -0.25) is 10.1 Å². The SMILES string of the molecule is CCNC(=O)NC(=O)[C@H](C)OC(=O)c1ccc(C)c(C)c1. The number of rotatable bonds is 4. The molecule has 0 fully saturated rings. The van der Waals surface area contributed by atoms with E-state index in [1.165, 1.54) is 6.92 Å². The van der Waals surface area contributed by atoms with Crippen molar-refractivity contribution in [2.75, 3.05) is 6.54 Å². The van der Waals surface area contributed by atoms with Crippen molar-refractivity contribution in [2.24, 2.45) is 0 Å². The molecule has 114 valence electrons. The lowest BCUT2D eigenvalue weighted by molar-refractivity contribution is -0.127. The minimum absolute atomic E-state index is 0.371. The van der Waals surface area contributed by atoms with Crippen LogP contribution in [0.4, 0.5) is 4.79 Å². The van der Waals surface area contributed by atoms with Gasteiger partial charge in [0.15, 0.2) is 6.10 Å². The molecule has 0 radical (unpaired) electrons. The predicted octanol–water partition coefficient (Wildman–Crippen LogP) is 1.69. The van der Waals surface area contributed by atoms with Gasteiger partial charge in [-0.1, -0.05) is 6.07 Å². The second-order valence-corrected chi connectivity index (χ2v) is 4.70. The lowest BCUT2D eigenvalue weighted by atomic mass is 10.1. The van der Waals surface area contributed by atoms with E-state index in [0.29, 0.717) is 12.1 Å². The highest BCUT2D eigenvalue weighted by Crippen LogP contribution is 2.11. The fourth-order valence-corrected chi connectivity index (χ4v) is 1.57. The zero-order chi connectivity index (χ0) is 16.0. The Morgan fingerprint density at radius 2 is 1.86 bits per heavy atom. The fraction of sp³-hybridized carbons (Fsp3) is 0.400. The topological polar surface area (TPSA) is 84.5 Å². The first kappa shape index (κ1) is 16.7. The number of ether oxygens (including phenoxy) is 1. The Hall–Kier alpha value is -2.37. The maximum atomic E-state index is 11.9. The Morgan fingerprint density at radius 3 is 2.43 bits per heavy atom. The summed E-state index contributed by atoms with van der Waals surface area (Å²) < 4.78 is 5.04. The smallest absolute Gasteiger partial charge is 0.338 e. The van der Waals surface area contributed by atoms with Crippen molar-refractivity contribution in [1.82, 2.24) is 10.6 Å². The molecular formula is C15H20N2O4. The Kier molecular flexibility index (Phi) is 5.90. The molecule has 0 aliphatic carbocycles. The first-order valence-corrected chi connectivity index (χ1v) is 6.72. The van der Waals surface area contributed by atoms with Crippen molar-refractivity contribution in [3.63, 3.8) is 0 Å². The third-order valence-electron chi connectivity index (χ3n) is 2.97. The highest BCUT2D eigenvalue weighted by atomic mass is 16.5. The molecule has 0 aliphatic rings. The van der Waals surface area contributed by atoms with E-state index in [-0.39, 0.29) is 0 Å². The molecule has 0 saturated carbocycles. The number of carbonyl (C=O) groups excluding carboxylic acids is 3. The Bertz CT molecular complexity index is 555. The second-order valence-electron chi connectivity index (χ2n) is 4.70. The molecule has 1 atom stereocenters. The van der Waals surface area contributed by atoms with Crippen LogP contribution in [0, 0.1) is 13.8 Å². The van der Waals surface area contributed by atoms with Gasteiger partial charge >= 0.3 is 12.0 Å². The molecule has 0 saturated heterocycles.